The number of carbonyl (C=O) groups is 4. The first-order valence-electron chi connectivity index (χ1n) is 27.6. The molecule has 0 spiro atoms. The summed E-state index contributed by atoms with van der Waals surface area (Å²) in [6.45, 7) is 14.7. The number of rotatable bonds is 12. The highest BCUT2D eigenvalue weighted by Gasteiger charge is 2.47. The van der Waals surface area contributed by atoms with Gasteiger partial charge in [-0.2, -0.15) is 0 Å². The van der Waals surface area contributed by atoms with Crippen LogP contribution in [-0.2, 0) is 29.2 Å². The van der Waals surface area contributed by atoms with Gasteiger partial charge in [-0.05, 0) is 114 Å². The lowest BCUT2D eigenvalue weighted by Crippen LogP contribution is -2.55. The number of carbonyl (C=O) groups excluding carboxylic acids is 4. The van der Waals surface area contributed by atoms with Crippen LogP contribution in [0.2, 0.25) is 0 Å². The minimum atomic E-state index is -0.802. The van der Waals surface area contributed by atoms with Crippen molar-refractivity contribution in [1.29, 1.82) is 0 Å². The lowest BCUT2D eigenvalue weighted by molar-refractivity contribution is -0.140. The average Bonchev–Trinajstić information content (AvgIpc) is 4.33. The smallest absolute Gasteiger partial charge is 0.407 e. The molecule has 4 aromatic heterocycles. The van der Waals surface area contributed by atoms with Crippen LogP contribution in [0.15, 0.2) is 55.0 Å². The Balaban J connectivity index is 0.921. The van der Waals surface area contributed by atoms with Crippen molar-refractivity contribution in [3.05, 3.63) is 82.3 Å². The van der Waals surface area contributed by atoms with Crippen LogP contribution in [-0.4, -0.2) is 114 Å². The first kappa shape index (κ1) is 53.2. The molecular formula is C58H71FN10O8S. The predicted octanol–water partition coefficient (Wildman–Crippen LogP) is 10.7. The number of hydrogen-bond acceptors (Lipinski definition) is 12. The summed E-state index contributed by atoms with van der Waals surface area (Å²) in [6, 6.07) is 9.05. The van der Waals surface area contributed by atoms with Gasteiger partial charge in [-0.3, -0.25) is 14.2 Å². The molecule has 20 heteroatoms. The third-order valence-electron chi connectivity index (χ3n) is 17.4. The maximum Gasteiger partial charge on any atom is 0.407 e. The van der Waals surface area contributed by atoms with Crippen molar-refractivity contribution in [1.82, 2.24) is 49.9 Å². The summed E-state index contributed by atoms with van der Waals surface area (Å²) in [7, 11) is 2.58. The topological polar surface area (TPSA) is 211 Å². The predicted molar refractivity (Wildman–Crippen MR) is 292 cm³/mol. The lowest BCUT2D eigenvalue weighted by Gasteiger charge is -2.39. The molecule has 0 bridgehead atoms. The number of amides is 4. The molecule has 4 amide bonds. The van der Waals surface area contributed by atoms with Crippen molar-refractivity contribution in [3.8, 4) is 39.5 Å². The molecule has 8 heterocycles. The zero-order valence-corrected chi connectivity index (χ0v) is 46.7. The summed E-state index contributed by atoms with van der Waals surface area (Å²) in [4.78, 5) is 79.9. The SMILES string of the molecule is COC(=O)NC(C(=O)N1C(C)[C@H](C)C[C@H]1c1ncc(-c2ccc3c(c2)cc2n3C(c3cnc(C4(C)CCCC4)s3)Oc3cc(-c4cnc([C@@H]5CCCN5C(=O)[C@@H](NC(=O)OC)C(C)C)[nH]4)cc(F)c3-2)[nH]1)C1C[C@@H](C)O[C@@H](C)C1. The molecule has 5 aliphatic rings. The van der Waals surface area contributed by atoms with Gasteiger partial charge in [0.2, 0.25) is 18.0 Å². The summed E-state index contributed by atoms with van der Waals surface area (Å²) < 4.78 is 42.1. The molecule has 6 aromatic rings. The number of imidazole rings is 2. The first-order valence-corrected chi connectivity index (χ1v) is 28.4. The van der Waals surface area contributed by atoms with Crippen molar-refractivity contribution in [2.24, 2.45) is 17.8 Å². The van der Waals surface area contributed by atoms with E-state index < -0.39 is 36.3 Å². The number of ether oxygens (including phenoxy) is 4. The number of benzene rings is 2. The average molecular weight is 1090 g/mol. The third-order valence-corrected chi connectivity index (χ3v) is 18.7. The Labute approximate surface area is 457 Å². The molecule has 1 saturated carbocycles. The molecule has 4 fully saturated rings. The van der Waals surface area contributed by atoms with Gasteiger partial charge in [0, 0.05) is 40.7 Å². The number of thiazole rings is 1. The number of methoxy groups -OCH3 is 2. The van der Waals surface area contributed by atoms with E-state index in [9.17, 15) is 19.2 Å². The molecule has 3 saturated heterocycles. The Hall–Kier alpha value is -6.80. The van der Waals surface area contributed by atoms with Gasteiger partial charge in [-0.15, -0.1) is 11.3 Å². The second-order valence-corrected chi connectivity index (χ2v) is 24.1. The van der Waals surface area contributed by atoms with Crippen molar-refractivity contribution in [2.45, 2.75) is 160 Å². The molecule has 1 aliphatic carbocycles. The van der Waals surface area contributed by atoms with Crippen LogP contribution < -0.4 is 15.4 Å². The van der Waals surface area contributed by atoms with E-state index in [2.05, 4.69) is 52.0 Å². The van der Waals surface area contributed by atoms with Gasteiger partial charge in [0.25, 0.3) is 0 Å². The third kappa shape index (κ3) is 9.70. The van der Waals surface area contributed by atoms with Crippen molar-refractivity contribution >= 4 is 46.2 Å². The van der Waals surface area contributed by atoms with E-state index in [1.54, 1.807) is 28.6 Å². The minimum Gasteiger partial charge on any atom is -0.464 e. The highest BCUT2D eigenvalue weighted by atomic mass is 32.1. The van der Waals surface area contributed by atoms with Gasteiger partial charge in [0.1, 0.15) is 35.3 Å². The fourth-order valence-electron chi connectivity index (χ4n) is 13.1. The van der Waals surface area contributed by atoms with E-state index in [1.165, 1.54) is 20.3 Å². The van der Waals surface area contributed by atoms with Gasteiger partial charge in [-0.25, -0.2) is 28.9 Å². The Morgan fingerprint density at radius 2 is 1.50 bits per heavy atom. The second kappa shape index (κ2) is 21.1. The molecule has 4 N–H and O–H groups in total. The van der Waals surface area contributed by atoms with Crippen LogP contribution in [0, 0.1) is 23.6 Å². The molecular weight excluding hydrogens is 1020 g/mol. The minimum absolute atomic E-state index is 0.0254. The zero-order chi connectivity index (χ0) is 54.9. The zero-order valence-electron chi connectivity index (χ0n) is 45.9. The van der Waals surface area contributed by atoms with Gasteiger partial charge in [0.15, 0.2) is 0 Å². The number of fused-ring (bicyclic) bond motifs is 5. The summed E-state index contributed by atoms with van der Waals surface area (Å²) in [5.41, 5.74) is 4.52. The van der Waals surface area contributed by atoms with Gasteiger partial charge < -0.3 is 49.3 Å². The fourth-order valence-corrected chi connectivity index (χ4v) is 14.2. The summed E-state index contributed by atoms with van der Waals surface area (Å²) in [5.74, 6) is 0.568. The van der Waals surface area contributed by atoms with Crippen molar-refractivity contribution < 1.29 is 42.5 Å². The molecule has 0 radical (unpaired) electrons. The number of nitrogens with zero attached hydrogens (tertiary/aromatic N) is 6. The summed E-state index contributed by atoms with van der Waals surface area (Å²) in [6.07, 6.45) is 11.0. The molecule has 4 unspecified atom stereocenters. The summed E-state index contributed by atoms with van der Waals surface area (Å²) in [5, 5.41) is 7.54. The standard InChI is InChI=1S/C58H71FN10O8S/c1-29(2)48(65-56(72)74-8)52(70)67-18-12-13-42(67)50-60-27-40(64-50)35-23-38(59)47-43-24-36-22-34(14-15-41(36)69(43)54(77-45(47)25-35)46-28-62-55(78-46)58(7)16-10-11-17-58)39-26-61-51(63-39)44-19-30(3)33(6)68(44)53(71)49(66-57(73)75-9)37-20-31(4)76-32(5)21-37/h14-15,22-33,37,42,44,48-49,54H,10-13,16-21H2,1-9H3,(H,60,64)(H,61,63)(H,65,72)(H,66,73)/t30-,31-,32+,33?,37?,42+,44+,48+,49?,54?/m1/s1. The van der Waals surface area contributed by atoms with Crippen LogP contribution in [0.4, 0.5) is 14.0 Å². The van der Waals surface area contributed by atoms with Crippen LogP contribution in [0.3, 0.4) is 0 Å². The summed E-state index contributed by atoms with van der Waals surface area (Å²) >= 11 is 1.65. The Morgan fingerprint density at radius 1 is 0.821 bits per heavy atom. The van der Waals surface area contributed by atoms with Gasteiger partial charge >= 0.3 is 12.2 Å². The van der Waals surface area contributed by atoms with E-state index in [4.69, 9.17) is 33.9 Å². The van der Waals surface area contributed by atoms with E-state index >= 15 is 4.39 Å². The van der Waals surface area contributed by atoms with Crippen LogP contribution in [0.5, 0.6) is 5.75 Å². The molecule has 2 aromatic carbocycles. The highest BCUT2D eigenvalue weighted by Crippen LogP contribution is 2.50. The quantitative estimate of drug-likeness (QED) is 0.0905. The second-order valence-electron chi connectivity index (χ2n) is 23.0. The monoisotopic (exact) mass is 1090 g/mol. The van der Waals surface area contributed by atoms with E-state index in [-0.39, 0.29) is 65.3 Å². The van der Waals surface area contributed by atoms with Crippen LogP contribution in [0.25, 0.3) is 44.7 Å². The number of H-pyrrole nitrogens is 2. The van der Waals surface area contributed by atoms with Crippen molar-refractivity contribution in [2.75, 3.05) is 20.8 Å². The van der Waals surface area contributed by atoms with E-state index in [0.29, 0.717) is 72.1 Å². The number of likely N-dealkylation sites (tertiary alicyclic amines) is 2. The van der Waals surface area contributed by atoms with Gasteiger partial charge in [-0.1, -0.05) is 46.6 Å². The van der Waals surface area contributed by atoms with E-state index in [1.807, 2.05) is 63.1 Å². The number of aromatic amines is 2. The first-order chi connectivity index (χ1) is 37.4. The number of aromatic nitrogens is 6. The number of alkyl carbamates (subject to hydrolysis) is 2. The van der Waals surface area contributed by atoms with Crippen molar-refractivity contribution in [3.63, 3.8) is 0 Å². The van der Waals surface area contributed by atoms with E-state index in [0.717, 1.165) is 64.1 Å². The maximum absolute atomic E-state index is 17.2. The molecule has 78 heavy (non-hydrogen) atoms. The molecule has 4 aliphatic heterocycles. The van der Waals surface area contributed by atoms with Gasteiger partial charge in [0.05, 0.1) is 89.0 Å². The largest absolute Gasteiger partial charge is 0.464 e. The Morgan fingerprint density at radius 3 is 2.19 bits per heavy atom. The Kier molecular flexibility index (Phi) is 14.4. The van der Waals surface area contributed by atoms with Crippen LogP contribution >= 0.6 is 11.3 Å². The number of halogens is 1. The van der Waals surface area contributed by atoms with Crippen LogP contribution in [0.1, 0.15) is 146 Å². The molecule has 11 rings (SSSR count). The fraction of sp³-hybridized carbons (Fsp3) is 0.534. The number of nitrogens with one attached hydrogen (secondary N) is 4. The molecule has 18 nitrogen and oxygen atoms in total. The number of hydrogen-bond donors (Lipinski definition) is 4. The molecule has 414 valence electrons. The Bertz CT molecular complexity index is 3240. The highest BCUT2D eigenvalue weighted by molar-refractivity contribution is 7.11. The molecule has 10 atom stereocenters. The normalized spacial score (nSPS) is 25.4. The lowest BCUT2D eigenvalue weighted by atomic mass is 9.85. The maximum atomic E-state index is 17.2.